The van der Waals surface area contributed by atoms with Crippen molar-refractivity contribution in [3.63, 3.8) is 0 Å². The lowest BCUT2D eigenvalue weighted by Gasteiger charge is -2.04. The summed E-state index contributed by atoms with van der Waals surface area (Å²) in [6.07, 6.45) is 7.73. The van der Waals surface area contributed by atoms with E-state index in [0.717, 1.165) is 0 Å². The lowest BCUT2D eigenvalue weighted by Crippen LogP contribution is -1.94. The first-order valence-corrected chi connectivity index (χ1v) is 2.92. The van der Waals surface area contributed by atoms with E-state index in [1.54, 1.807) is 0 Å². The first-order chi connectivity index (χ1) is 4.33. The second-order valence-electron chi connectivity index (χ2n) is 2.12. The molecule has 0 N–H and O–H groups in total. The summed E-state index contributed by atoms with van der Waals surface area (Å²) in [5.41, 5.74) is 0. The fourth-order valence-electron chi connectivity index (χ4n) is 0.717. The molecule has 0 unspecified atom stereocenters. The zero-order valence-corrected chi connectivity index (χ0v) is 5.33. The molecule has 0 saturated heterocycles. The van der Waals surface area contributed by atoms with Crippen molar-refractivity contribution in [1.29, 1.82) is 5.26 Å². The summed E-state index contributed by atoms with van der Waals surface area (Å²) in [6.45, 7) is 2.01. The lowest BCUT2D eigenvalue weighted by molar-refractivity contribution is 1.04. The van der Waals surface area contributed by atoms with Crippen LogP contribution >= 0.6 is 0 Å². The summed E-state index contributed by atoms with van der Waals surface area (Å²) in [5.74, 6) is 1.20. The van der Waals surface area contributed by atoms with Crippen molar-refractivity contribution in [3.05, 3.63) is 30.2 Å². The summed E-state index contributed by atoms with van der Waals surface area (Å²) in [6, 6.07) is 2.14. The van der Waals surface area contributed by atoms with E-state index in [2.05, 4.69) is 6.07 Å². The Kier molecular flexibility index (Phi) is 1.69. The number of allylic oxidation sites excluding steroid dienone is 4. The van der Waals surface area contributed by atoms with Gasteiger partial charge in [0.2, 0.25) is 0 Å². The van der Waals surface area contributed by atoms with Crippen LogP contribution in [-0.2, 0) is 0 Å². The van der Waals surface area contributed by atoms with Crippen molar-refractivity contribution in [1.82, 2.24) is 0 Å². The smallest absolute Gasteiger partial charge is 0.0825 e. The SMILES string of the molecule is C[C]1C=CC(C#N)C=C1. The minimum absolute atomic E-state index is 0.00583. The van der Waals surface area contributed by atoms with Crippen LogP contribution in [0.5, 0.6) is 0 Å². The second-order valence-corrected chi connectivity index (χ2v) is 2.12. The van der Waals surface area contributed by atoms with Gasteiger partial charge in [-0.25, -0.2) is 0 Å². The minimum Gasteiger partial charge on any atom is -0.197 e. The number of hydrogen-bond donors (Lipinski definition) is 0. The van der Waals surface area contributed by atoms with Gasteiger partial charge in [0, 0.05) is 5.92 Å². The standard InChI is InChI=1S/C8H8N/c1-7-2-4-8(6-9)5-3-7/h2-5,8H,1H3. The molecule has 0 fully saturated rings. The van der Waals surface area contributed by atoms with Gasteiger partial charge in [-0.05, 0) is 0 Å². The molecule has 0 aromatic carbocycles. The molecule has 1 heteroatoms. The molecule has 1 aliphatic carbocycles. The van der Waals surface area contributed by atoms with Crippen LogP contribution in [0.1, 0.15) is 6.92 Å². The lowest BCUT2D eigenvalue weighted by atomic mass is 9.99. The summed E-state index contributed by atoms with van der Waals surface area (Å²) < 4.78 is 0. The van der Waals surface area contributed by atoms with Crippen LogP contribution in [0.2, 0.25) is 0 Å². The van der Waals surface area contributed by atoms with Crippen molar-refractivity contribution in [2.45, 2.75) is 6.92 Å². The van der Waals surface area contributed by atoms with E-state index in [0.29, 0.717) is 0 Å². The average molecular weight is 118 g/mol. The summed E-state index contributed by atoms with van der Waals surface area (Å²) in [4.78, 5) is 0. The van der Waals surface area contributed by atoms with Gasteiger partial charge in [-0.1, -0.05) is 31.2 Å². The molecule has 0 bridgehead atoms. The maximum atomic E-state index is 8.42. The highest BCUT2D eigenvalue weighted by Crippen LogP contribution is 2.13. The molecule has 0 amide bonds. The zero-order chi connectivity index (χ0) is 6.69. The Bertz CT molecular complexity index is 169. The highest BCUT2D eigenvalue weighted by atomic mass is 14.3. The Morgan fingerprint density at radius 3 is 2.44 bits per heavy atom. The van der Waals surface area contributed by atoms with E-state index >= 15 is 0 Å². The van der Waals surface area contributed by atoms with Crippen LogP contribution in [0.25, 0.3) is 0 Å². The minimum atomic E-state index is -0.00583. The van der Waals surface area contributed by atoms with E-state index in [4.69, 9.17) is 5.26 Å². The normalized spacial score (nSPS) is 20.0. The van der Waals surface area contributed by atoms with Crippen LogP contribution in [0, 0.1) is 23.2 Å². The van der Waals surface area contributed by atoms with Crippen molar-refractivity contribution >= 4 is 0 Å². The van der Waals surface area contributed by atoms with Gasteiger partial charge in [-0.2, -0.15) is 5.26 Å². The molecular weight excluding hydrogens is 110 g/mol. The molecule has 1 aliphatic rings. The Hall–Kier alpha value is -1.03. The third-order valence-electron chi connectivity index (χ3n) is 1.28. The number of nitrogens with zero attached hydrogens (tertiary/aromatic N) is 1. The van der Waals surface area contributed by atoms with Crippen molar-refractivity contribution in [2.75, 3.05) is 0 Å². The van der Waals surface area contributed by atoms with Crippen LogP contribution in [-0.4, -0.2) is 0 Å². The second kappa shape index (κ2) is 2.50. The van der Waals surface area contributed by atoms with Gasteiger partial charge in [-0.3, -0.25) is 0 Å². The topological polar surface area (TPSA) is 23.8 Å². The Morgan fingerprint density at radius 2 is 2.00 bits per heavy atom. The van der Waals surface area contributed by atoms with Crippen LogP contribution in [0.4, 0.5) is 0 Å². The first kappa shape index (κ1) is 6.10. The predicted molar refractivity (Wildman–Crippen MR) is 36.3 cm³/mol. The van der Waals surface area contributed by atoms with Gasteiger partial charge in [0.1, 0.15) is 0 Å². The van der Waals surface area contributed by atoms with Gasteiger partial charge in [0.05, 0.1) is 12.0 Å². The number of hydrogen-bond acceptors (Lipinski definition) is 1. The molecule has 0 atom stereocenters. The molecule has 0 aliphatic heterocycles. The molecule has 0 heterocycles. The van der Waals surface area contributed by atoms with Crippen molar-refractivity contribution in [2.24, 2.45) is 5.92 Å². The first-order valence-electron chi connectivity index (χ1n) is 2.92. The molecule has 45 valence electrons. The Labute approximate surface area is 55.3 Å². The van der Waals surface area contributed by atoms with Gasteiger partial charge in [-0.15, -0.1) is 0 Å². The van der Waals surface area contributed by atoms with E-state index in [1.807, 2.05) is 31.2 Å². The quantitative estimate of drug-likeness (QED) is 0.476. The molecular formula is C8H8N. The highest BCUT2D eigenvalue weighted by Gasteiger charge is 2.03. The monoisotopic (exact) mass is 118 g/mol. The van der Waals surface area contributed by atoms with Crippen LogP contribution in [0.3, 0.4) is 0 Å². The average Bonchev–Trinajstić information content (AvgIpc) is 1.90. The van der Waals surface area contributed by atoms with E-state index in [9.17, 15) is 0 Å². The summed E-state index contributed by atoms with van der Waals surface area (Å²) in [5, 5.41) is 8.42. The van der Waals surface area contributed by atoms with Gasteiger partial charge in [0.25, 0.3) is 0 Å². The van der Waals surface area contributed by atoms with E-state index in [1.165, 1.54) is 5.92 Å². The largest absolute Gasteiger partial charge is 0.197 e. The third-order valence-corrected chi connectivity index (χ3v) is 1.28. The molecule has 1 rings (SSSR count). The molecule has 0 aromatic heterocycles. The van der Waals surface area contributed by atoms with E-state index in [-0.39, 0.29) is 5.92 Å². The fraction of sp³-hybridized carbons (Fsp3) is 0.250. The van der Waals surface area contributed by atoms with E-state index < -0.39 is 0 Å². The maximum Gasteiger partial charge on any atom is 0.0825 e. The molecule has 1 radical (unpaired) electrons. The molecule has 0 saturated carbocycles. The van der Waals surface area contributed by atoms with Crippen LogP contribution in [0.15, 0.2) is 24.3 Å². The molecule has 9 heavy (non-hydrogen) atoms. The third kappa shape index (κ3) is 1.43. The predicted octanol–water partition coefficient (Wildman–Crippen LogP) is 1.85. The molecule has 0 spiro atoms. The van der Waals surface area contributed by atoms with Crippen LogP contribution < -0.4 is 0 Å². The Balaban J connectivity index is 2.61. The Morgan fingerprint density at radius 1 is 1.44 bits per heavy atom. The summed E-state index contributed by atoms with van der Waals surface area (Å²) >= 11 is 0. The van der Waals surface area contributed by atoms with Gasteiger partial charge < -0.3 is 0 Å². The van der Waals surface area contributed by atoms with Crippen molar-refractivity contribution in [3.8, 4) is 6.07 Å². The molecule has 0 aromatic rings. The van der Waals surface area contributed by atoms with Crippen molar-refractivity contribution < 1.29 is 0 Å². The fourth-order valence-corrected chi connectivity index (χ4v) is 0.717. The van der Waals surface area contributed by atoms with Gasteiger partial charge in [0.15, 0.2) is 0 Å². The number of nitriles is 1. The maximum absolute atomic E-state index is 8.42. The highest BCUT2D eigenvalue weighted by molar-refractivity contribution is 5.30. The summed E-state index contributed by atoms with van der Waals surface area (Å²) in [7, 11) is 0. The van der Waals surface area contributed by atoms with Gasteiger partial charge >= 0.3 is 0 Å². The zero-order valence-electron chi connectivity index (χ0n) is 5.33. The number of rotatable bonds is 0. The molecule has 1 nitrogen and oxygen atoms in total.